The summed E-state index contributed by atoms with van der Waals surface area (Å²) in [7, 11) is 0. The van der Waals surface area contributed by atoms with Gasteiger partial charge in [0.25, 0.3) is 0 Å². The van der Waals surface area contributed by atoms with Gasteiger partial charge in [0, 0.05) is 37.2 Å². The van der Waals surface area contributed by atoms with Gasteiger partial charge in [-0.25, -0.2) is 0 Å². The van der Waals surface area contributed by atoms with Crippen LogP contribution in [0.3, 0.4) is 0 Å². The molecule has 2 aliphatic rings. The Morgan fingerprint density at radius 3 is 1.35 bits per heavy atom. The molecule has 0 radical (unpaired) electrons. The Bertz CT molecular complexity index is 3490. The molecule has 0 saturated heterocycles. The molecule has 1 heterocycles. The van der Waals surface area contributed by atoms with E-state index in [1.54, 1.807) is 0 Å². The third kappa shape index (κ3) is 5.35. The number of rotatable bonds is 6. The Morgan fingerprint density at radius 1 is 0.302 bits per heavy atom. The van der Waals surface area contributed by atoms with Gasteiger partial charge in [0.1, 0.15) is 0 Å². The lowest BCUT2D eigenvalue weighted by atomic mass is 9.70. The lowest BCUT2D eigenvalue weighted by Gasteiger charge is -2.30. The fraction of sp³-hybridized carbons (Fsp3) is 0.0164. The summed E-state index contributed by atoms with van der Waals surface area (Å²) in [6.45, 7) is 0. The minimum atomic E-state index is -0.418. The Labute approximate surface area is 371 Å². The van der Waals surface area contributed by atoms with Crippen molar-refractivity contribution in [1.29, 1.82) is 0 Å². The lowest BCUT2D eigenvalue weighted by Crippen LogP contribution is -2.25. The molecular weight excluding hydrogens is 779 g/mol. The van der Waals surface area contributed by atoms with Crippen LogP contribution in [0.25, 0.3) is 75.8 Å². The first-order chi connectivity index (χ1) is 31.3. The number of thiophene rings is 1. The van der Waals surface area contributed by atoms with Gasteiger partial charge in [-0.15, -0.1) is 11.3 Å². The highest BCUT2D eigenvalue weighted by Crippen LogP contribution is 2.65. The van der Waals surface area contributed by atoms with E-state index in [4.69, 9.17) is 0 Å². The second-order valence-electron chi connectivity index (χ2n) is 16.7. The Morgan fingerprint density at radius 2 is 0.746 bits per heavy atom. The molecule has 10 aromatic carbocycles. The first-order valence-electron chi connectivity index (χ1n) is 21.8. The number of fused-ring (bicyclic) bond motifs is 13. The van der Waals surface area contributed by atoms with Crippen molar-refractivity contribution >= 4 is 48.6 Å². The zero-order valence-corrected chi connectivity index (χ0v) is 35.2. The van der Waals surface area contributed by atoms with Crippen molar-refractivity contribution in [3.05, 3.63) is 259 Å². The highest BCUT2D eigenvalue weighted by molar-refractivity contribution is 7.26. The first-order valence-corrected chi connectivity index (χ1v) is 22.6. The Hall–Kier alpha value is -7.78. The van der Waals surface area contributed by atoms with Crippen molar-refractivity contribution in [3.63, 3.8) is 0 Å². The average Bonchev–Trinajstić information content (AvgIpc) is 3.98. The van der Waals surface area contributed by atoms with Crippen LogP contribution in [0.4, 0.5) is 17.1 Å². The zero-order valence-electron chi connectivity index (χ0n) is 34.4. The molecule has 63 heavy (non-hydrogen) atoms. The molecule has 13 rings (SSSR count). The van der Waals surface area contributed by atoms with Crippen LogP contribution in [0.5, 0.6) is 0 Å². The van der Waals surface area contributed by atoms with Gasteiger partial charge < -0.3 is 4.90 Å². The van der Waals surface area contributed by atoms with E-state index in [1.807, 2.05) is 11.3 Å². The number of para-hydroxylation sites is 1. The average molecular weight is 818 g/mol. The summed E-state index contributed by atoms with van der Waals surface area (Å²) in [5.41, 5.74) is 21.1. The van der Waals surface area contributed by atoms with Crippen LogP contribution in [0.15, 0.2) is 237 Å². The quantitative estimate of drug-likeness (QED) is 0.162. The fourth-order valence-corrected chi connectivity index (χ4v) is 12.0. The molecule has 2 heteroatoms. The maximum atomic E-state index is 2.56. The number of benzene rings is 10. The molecular formula is C61H39NS. The zero-order chi connectivity index (χ0) is 41.5. The Kier molecular flexibility index (Phi) is 8.06. The fourth-order valence-electron chi connectivity index (χ4n) is 10.8. The van der Waals surface area contributed by atoms with Gasteiger partial charge in [-0.3, -0.25) is 0 Å². The summed E-state index contributed by atoms with van der Waals surface area (Å²) < 4.78 is 2.59. The molecule has 2 aliphatic carbocycles. The van der Waals surface area contributed by atoms with Gasteiger partial charge in [0.05, 0.1) is 5.41 Å². The highest BCUT2D eigenvalue weighted by Gasteiger charge is 2.52. The molecule has 11 aromatic rings. The molecule has 0 unspecified atom stereocenters. The number of hydrogen-bond acceptors (Lipinski definition) is 2. The summed E-state index contributed by atoms with van der Waals surface area (Å²) in [5.74, 6) is 0. The van der Waals surface area contributed by atoms with E-state index >= 15 is 0 Å². The summed E-state index contributed by atoms with van der Waals surface area (Å²) in [6.07, 6.45) is 0. The molecule has 0 bridgehead atoms. The molecule has 1 nitrogen and oxygen atoms in total. The summed E-state index contributed by atoms with van der Waals surface area (Å²) in [4.78, 5) is 2.40. The Balaban J connectivity index is 1.01. The summed E-state index contributed by atoms with van der Waals surface area (Å²) >= 11 is 1.91. The number of anilines is 3. The molecule has 0 amide bonds. The SMILES string of the molecule is c1ccc(-c2ccc(-c3ccc(N(c4ccccc4)c4ccc5sc6cc7c(c(-c8ccccc8)c6c5c4)-c4ccccc4C74c5ccccc5-c5ccccc54)cc3)cc2)cc1. The van der Waals surface area contributed by atoms with Gasteiger partial charge in [-0.2, -0.15) is 0 Å². The minimum absolute atomic E-state index is 0.418. The third-order valence-corrected chi connectivity index (χ3v) is 14.6. The van der Waals surface area contributed by atoms with Crippen molar-refractivity contribution in [2.24, 2.45) is 0 Å². The van der Waals surface area contributed by atoms with Crippen LogP contribution in [-0.4, -0.2) is 0 Å². The molecule has 294 valence electrons. The third-order valence-electron chi connectivity index (χ3n) is 13.5. The molecule has 1 aromatic heterocycles. The van der Waals surface area contributed by atoms with Gasteiger partial charge in [0.15, 0.2) is 0 Å². The van der Waals surface area contributed by atoms with Crippen molar-refractivity contribution in [3.8, 4) is 55.6 Å². The number of nitrogens with zero attached hydrogens (tertiary/aromatic N) is 1. The largest absolute Gasteiger partial charge is 0.310 e. The van der Waals surface area contributed by atoms with E-state index in [1.165, 1.54) is 98.1 Å². The first kappa shape index (κ1) is 35.9. The monoisotopic (exact) mass is 817 g/mol. The molecule has 0 fully saturated rings. The van der Waals surface area contributed by atoms with E-state index in [0.717, 1.165) is 17.1 Å². The molecule has 0 atom stereocenters. The second kappa shape index (κ2) is 14.1. The minimum Gasteiger partial charge on any atom is -0.310 e. The van der Waals surface area contributed by atoms with Crippen molar-refractivity contribution in [1.82, 2.24) is 0 Å². The van der Waals surface area contributed by atoms with E-state index in [9.17, 15) is 0 Å². The van der Waals surface area contributed by atoms with E-state index in [2.05, 4.69) is 241 Å². The van der Waals surface area contributed by atoms with Gasteiger partial charge in [0.2, 0.25) is 0 Å². The lowest BCUT2D eigenvalue weighted by molar-refractivity contribution is 0.795. The van der Waals surface area contributed by atoms with Gasteiger partial charge in [-0.1, -0.05) is 188 Å². The molecule has 0 aliphatic heterocycles. The van der Waals surface area contributed by atoms with Crippen LogP contribution in [0.1, 0.15) is 22.3 Å². The topological polar surface area (TPSA) is 3.24 Å². The normalized spacial score (nSPS) is 12.9. The molecule has 0 saturated carbocycles. The summed E-state index contributed by atoms with van der Waals surface area (Å²) in [6, 6.07) is 87.5. The van der Waals surface area contributed by atoms with Crippen molar-refractivity contribution < 1.29 is 0 Å². The highest BCUT2D eigenvalue weighted by atomic mass is 32.1. The van der Waals surface area contributed by atoms with Crippen molar-refractivity contribution in [2.75, 3.05) is 4.90 Å². The molecule has 0 N–H and O–H groups in total. The molecule has 1 spiro atoms. The van der Waals surface area contributed by atoms with Crippen LogP contribution < -0.4 is 4.90 Å². The van der Waals surface area contributed by atoms with Crippen LogP contribution in [0, 0.1) is 0 Å². The van der Waals surface area contributed by atoms with E-state index < -0.39 is 5.41 Å². The van der Waals surface area contributed by atoms with Crippen LogP contribution >= 0.6 is 11.3 Å². The second-order valence-corrected chi connectivity index (χ2v) is 17.8. The van der Waals surface area contributed by atoms with Crippen molar-refractivity contribution in [2.45, 2.75) is 5.41 Å². The van der Waals surface area contributed by atoms with Crippen LogP contribution in [0.2, 0.25) is 0 Å². The maximum absolute atomic E-state index is 2.56. The summed E-state index contributed by atoms with van der Waals surface area (Å²) in [5, 5.41) is 2.59. The van der Waals surface area contributed by atoms with E-state index in [-0.39, 0.29) is 0 Å². The smallest absolute Gasteiger partial charge is 0.0726 e. The van der Waals surface area contributed by atoms with Crippen LogP contribution in [-0.2, 0) is 5.41 Å². The van der Waals surface area contributed by atoms with Gasteiger partial charge in [-0.05, 0) is 126 Å². The standard InChI is InChI=1S/C61H39NS/c1-4-16-40(17-5-1)41-28-30-42(31-29-41)43-32-34-46(35-33-43)62(45-20-8-3-9-21-45)47-36-37-56-51(38-47)60-57(63-56)39-55-59(58(60)44-18-6-2-7-19-44)50-24-12-15-27-54(50)61(55)52-25-13-10-22-48(52)49-23-11-14-26-53(49)61/h1-39H. The van der Waals surface area contributed by atoms with E-state index in [0.29, 0.717) is 0 Å². The predicted molar refractivity (Wildman–Crippen MR) is 267 cm³/mol. The van der Waals surface area contributed by atoms with Gasteiger partial charge >= 0.3 is 0 Å². The predicted octanol–water partition coefficient (Wildman–Crippen LogP) is 16.9. The number of hydrogen-bond donors (Lipinski definition) is 0. The maximum Gasteiger partial charge on any atom is 0.0726 e.